The lowest BCUT2D eigenvalue weighted by Gasteiger charge is -2.05. The Bertz CT molecular complexity index is 21.0. The molecule has 0 aromatic heterocycles. The maximum Gasteiger partial charge on any atom is -0.0533 e. The van der Waals surface area contributed by atoms with Gasteiger partial charge in [0.05, 0.1) is 0 Å². The molecule has 0 saturated heterocycles. The van der Waals surface area contributed by atoms with Crippen LogP contribution in [0.15, 0.2) is 0 Å². The van der Waals surface area contributed by atoms with Crippen molar-refractivity contribution >= 4 is 0 Å². The summed E-state index contributed by atoms with van der Waals surface area (Å²) in [4.78, 5) is 0. The van der Waals surface area contributed by atoms with Crippen LogP contribution in [0.4, 0.5) is 0 Å². The van der Waals surface area contributed by atoms with E-state index < -0.39 is 0 Å². The topological polar surface area (TPSA) is 0 Å². The maximum absolute atomic E-state index is 2.18. The van der Waals surface area contributed by atoms with E-state index in [0.29, 0.717) is 0 Å². The summed E-state index contributed by atoms with van der Waals surface area (Å²) in [6.07, 6.45) is 8.64. The average Bonchev–Trinajstić information content (AvgIpc) is 2.08. The molecule has 0 aliphatic heterocycles. The van der Waals surface area contributed by atoms with E-state index in [1.165, 1.54) is 38.5 Å². The molecule has 1 fully saturated rings. The lowest BCUT2D eigenvalue weighted by Crippen LogP contribution is -1.85. The Morgan fingerprint density at radius 3 is 0.750 bits per heavy atom. The molecule has 78 valence electrons. The molecule has 1 saturated carbocycles. The molecule has 0 N–H and O–H groups in total. The summed E-state index contributed by atoms with van der Waals surface area (Å²) < 4.78 is 0. The summed E-state index contributed by atoms with van der Waals surface area (Å²) in [5, 5.41) is 0. The van der Waals surface area contributed by atoms with Gasteiger partial charge < -0.3 is 0 Å². The van der Waals surface area contributed by atoms with Gasteiger partial charge in [0, 0.05) is 0 Å². The summed E-state index contributed by atoms with van der Waals surface area (Å²) in [5.74, 6) is 0. The van der Waals surface area contributed by atoms with E-state index in [4.69, 9.17) is 0 Å². The van der Waals surface area contributed by atoms with Crippen LogP contribution >= 0.6 is 0 Å². The van der Waals surface area contributed by atoms with Gasteiger partial charge in [0.25, 0.3) is 0 Å². The second-order valence-electron chi connectivity index (χ2n) is 2.41. The zero-order chi connectivity index (χ0) is 10.2. The molecule has 1 rings (SSSR count). The van der Waals surface area contributed by atoms with Gasteiger partial charge in [-0.25, -0.2) is 0 Å². The Labute approximate surface area is 80.8 Å². The monoisotopic (exact) mass is 174 g/mol. The van der Waals surface area contributed by atoms with Gasteiger partial charge in [-0.05, 0) is 0 Å². The van der Waals surface area contributed by atoms with Gasteiger partial charge in [-0.2, -0.15) is 0 Å². The Morgan fingerprint density at radius 2 is 0.750 bits per heavy atom. The molecule has 0 unspecified atom stereocenters. The third-order valence-electron chi connectivity index (χ3n) is 1.50. The van der Waals surface area contributed by atoms with Gasteiger partial charge >= 0.3 is 0 Å². The minimum Gasteiger partial charge on any atom is -0.0683 e. The van der Waals surface area contributed by atoms with E-state index in [1.807, 2.05) is 27.7 Å². The first-order valence-corrected chi connectivity index (χ1v) is 5.91. The third-order valence-corrected chi connectivity index (χ3v) is 1.50. The summed E-state index contributed by atoms with van der Waals surface area (Å²) >= 11 is 0. The van der Waals surface area contributed by atoms with Gasteiger partial charge in [-0.3, -0.25) is 0 Å². The van der Waals surface area contributed by atoms with Crippen molar-refractivity contribution in [2.45, 2.75) is 80.1 Å². The fourth-order valence-corrected chi connectivity index (χ4v) is 0.250. The van der Waals surface area contributed by atoms with Crippen molar-refractivity contribution in [2.24, 2.45) is 0 Å². The molecule has 0 amide bonds. The molecule has 0 heteroatoms. The van der Waals surface area contributed by atoms with E-state index in [2.05, 4.69) is 13.8 Å². The van der Waals surface area contributed by atoms with Crippen LogP contribution in [0.2, 0.25) is 0 Å². The first-order chi connectivity index (χ1) is 5.91. The van der Waals surface area contributed by atoms with Crippen molar-refractivity contribution < 1.29 is 0 Å². The van der Waals surface area contributed by atoms with Crippen molar-refractivity contribution in [1.29, 1.82) is 0 Å². The minimum absolute atomic E-state index is 1.32. The molecule has 0 bridgehead atoms. The number of unbranched alkanes of at least 4 members (excludes halogenated alkanes) is 1. The van der Waals surface area contributed by atoms with Crippen molar-refractivity contribution in [3.8, 4) is 0 Å². The first kappa shape index (κ1) is 17.9. The molecule has 0 spiro atoms. The summed E-state index contributed by atoms with van der Waals surface area (Å²) in [5.41, 5.74) is 0. The summed E-state index contributed by atoms with van der Waals surface area (Å²) in [6, 6.07) is 0. The van der Waals surface area contributed by atoms with E-state index in [9.17, 15) is 0 Å². The van der Waals surface area contributed by atoms with Crippen LogP contribution in [-0.4, -0.2) is 0 Å². The zero-order valence-corrected chi connectivity index (χ0v) is 10.2. The molecule has 0 atom stereocenters. The smallest absolute Gasteiger partial charge is 0.0533 e. The van der Waals surface area contributed by atoms with Crippen LogP contribution in [0.5, 0.6) is 0 Å². The molecule has 0 radical (unpaired) electrons. The predicted molar refractivity (Wildman–Crippen MR) is 61.7 cm³/mol. The van der Waals surface area contributed by atoms with Crippen LogP contribution in [0.25, 0.3) is 0 Å². The molecule has 1 aliphatic rings. The van der Waals surface area contributed by atoms with Crippen LogP contribution in [0.1, 0.15) is 80.1 Å². The van der Waals surface area contributed by atoms with Gasteiger partial charge in [-0.1, -0.05) is 80.1 Å². The van der Waals surface area contributed by atoms with Crippen molar-refractivity contribution in [3.05, 3.63) is 0 Å². The molecular weight excluding hydrogens is 144 g/mol. The van der Waals surface area contributed by atoms with E-state index >= 15 is 0 Å². The average molecular weight is 174 g/mol. The number of hydrogen-bond donors (Lipinski definition) is 0. The molecule has 0 aromatic rings. The van der Waals surface area contributed by atoms with Gasteiger partial charge in [-0.15, -0.1) is 0 Å². The highest BCUT2D eigenvalue weighted by atomic mass is 14.0. The van der Waals surface area contributed by atoms with E-state index in [-0.39, 0.29) is 0 Å². The number of rotatable bonds is 1. The minimum atomic E-state index is 1.32. The molecule has 0 nitrogen and oxygen atoms in total. The summed E-state index contributed by atoms with van der Waals surface area (Å²) in [6.45, 7) is 12.4. The SMILES string of the molecule is C1CCC1.CC.CC.CCCC. The van der Waals surface area contributed by atoms with Gasteiger partial charge in [0.1, 0.15) is 0 Å². The van der Waals surface area contributed by atoms with Crippen LogP contribution in [0, 0.1) is 0 Å². The molecule has 1 aliphatic carbocycles. The largest absolute Gasteiger partial charge is 0.0683 e. The van der Waals surface area contributed by atoms with Gasteiger partial charge in [0.2, 0.25) is 0 Å². The highest BCUT2D eigenvalue weighted by Gasteiger charge is 1.95. The second-order valence-corrected chi connectivity index (χ2v) is 2.41. The van der Waals surface area contributed by atoms with Crippen LogP contribution < -0.4 is 0 Å². The summed E-state index contributed by atoms with van der Waals surface area (Å²) in [7, 11) is 0. The molecular formula is C12H30. The second kappa shape index (κ2) is 30.6. The first-order valence-electron chi connectivity index (χ1n) is 5.91. The maximum atomic E-state index is 2.18. The highest BCUT2D eigenvalue weighted by molar-refractivity contribution is 4.50. The normalized spacial score (nSPS) is 11.5. The number of hydrogen-bond acceptors (Lipinski definition) is 0. The quantitative estimate of drug-likeness (QED) is 0.498. The van der Waals surface area contributed by atoms with Crippen LogP contribution in [0.3, 0.4) is 0 Å². The third kappa shape index (κ3) is 32.4. The van der Waals surface area contributed by atoms with Crippen LogP contribution in [-0.2, 0) is 0 Å². The fourth-order valence-electron chi connectivity index (χ4n) is 0.250. The van der Waals surface area contributed by atoms with Crippen molar-refractivity contribution in [2.75, 3.05) is 0 Å². The Balaban J connectivity index is -0.0000000967. The molecule has 0 aromatic carbocycles. The zero-order valence-electron chi connectivity index (χ0n) is 10.2. The molecule has 12 heavy (non-hydrogen) atoms. The Morgan fingerprint density at radius 1 is 0.583 bits per heavy atom. The standard InChI is InChI=1S/C4H8.C4H10.2C2H6/c1-2-4-3-1;1-3-4-2;2*1-2/h1-4H2;3-4H2,1-2H3;2*1-2H3. The lowest BCUT2D eigenvalue weighted by molar-refractivity contribution is 0.504. The van der Waals surface area contributed by atoms with E-state index in [0.717, 1.165) is 0 Å². The highest BCUT2D eigenvalue weighted by Crippen LogP contribution is 2.15. The van der Waals surface area contributed by atoms with E-state index in [1.54, 1.807) is 0 Å². The molecule has 0 heterocycles. The van der Waals surface area contributed by atoms with Crippen molar-refractivity contribution in [3.63, 3.8) is 0 Å². The predicted octanol–water partition coefficient (Wildman–Crippen LogP) is 5.42. The Hall–Kier alpha value is 0. The Kier molecular flexibility index (Phi) is 45.6. The van der Waals surface area contributed by atoms with Crippen molar-refractivity contribution in [1.82, 2.24) is 0 Å². The fraction of sp³-hybridized carbons (Fsp3) is 1.00. The lowest BCUT2D eigenvalue weighted by atomic mass is 10.0. The van der Waals surface area contributed by atoms with Gasteiger partial charge in [0.15, 0.2) is 0 Å².